The van der Waals surface area contributed by atoms with Gasteiger partial charge in [-0.15, -0.1) is 0 Å². The second-order valence-electron chi connectivity index (χ2n) is 4.96. The van der Waals surface area contributed by atoms with E-state index in [0.717, 1.165) is 33.7 Å². The molecule has 0 amide bonds. The van der Waals surface area contributed by atoms with Gasteiger partial charge in [-0.1, -0.05) is 11.6 Å². The fourth-order valence-electron chi connectivity index (χ4n) is 2.35. The fraction of sp³-hybridized carbons (Fsp3) is 0.118. The number of hydrogen-bond donors (Lipinski definition) is 1. The number of fused-ring (bicyclic) bond motifs is 1. The first-order valence-electron chi connectivity index (χ1n) is 6.61. The van der Waals surface area contributed by atoms with Crippen LogP contribution in [0.15, 0.2) is 40.8 Å². The molecule has 0 spiro atoms. The lowest BCUT2D eigenvalue weighted by atomic mass is 10.1. The molecule has 106 valence electrons. The number of halogens is 1. The minimum atomic E-state index is -0.00624. The third-order valence-electron chi connectivity index (χ3n) is 3.26. The number of H-pyrrole nitrogens is 1. The number of aromatic amines is 1. The Kier molecular flexibility index (Phi) is 3.43. The molecule has 3 aromatic rings. The van der Waals surface area contributed by atoms with Crippen LogP contribution in [0.25, 0.3) is 28.3 Å². The third-order valence-corrected chi connectivity index (χ3v) is 3.50. The second kappa shape index (κ2) is 5.26. The van der Waals surface area contributed by atoms with Crippen LogP contribution >= 0.6 is 11.6 Å². The summed E-state index contributed by atoms with van der Waals surface area (Å²) in [5.74, 6) is 1.58. The molecule has 0 unspecified atom stereocenters. The number of carbonyl (C=O) groups is 1. The van der Waals surface area contributed by atoms with Crippen molar-refractivity contribution >= 4 is 34.4 Å². The van der Waals surface area contributed by atoms with Gasteiger partial charge in [-0.2, -0.15) is 0 Å². The average molecular weight is 300 g/mol. The number of benzene rings is 1. The van der Waals surface area contributed by atoms with Gasteiger partial charge < -0.3 is 9.40 Å². The first kappa shape index (κ1) is 13.7. The van der Waals surface area contributed by atoms with E-state index in [0.29, 0.717) is 5.02 Å². The number of aryl methyl sites for hydroxylation is 1. The summed E-state index contributed by atoms with van der Waals surface area (Å²) in [6.45, 7) is 3.42. The molecule has 1 N–H and O–H groups in total. The predicted octanol–water partition coefficient (Wildman–Crippen LogP) is 4.99. The van der Waals surface area contributed by atoms with Crippen molar-refractivity contribution in [1.29, 1.82) is 0 Å². The van der Waals surface area contributed by atoms with Crippen LogP contribution < -0.4 is 0 Å². The summed E-state index contributed by atoms with van der Waals surface area (Å²) in [6.07, 6.45) is 3.30. The summed E-state index contributed by atoms with van der Waals surface area (Å²) in [6, 6.07) is 9.48. The molecular weight excluding hydrogens is 286 g/mol. The topological polar surface area (TPSA) is 46.0 Å². The zero-order chi connectivity index (χ0) is 15.0. The molecule has 0 radical (unpaired) electrons. The lowest BCUT2D eigenvalue weighted by molar-refractivity contribution is -0.112. The molecule has 3 nitrogen and oxygen atoms in total. The molecular formula is C17H14ClNO2. The molecule has 0 bridgehead atoms. The van der Waals surface area contributed by atoms with Crippen LogP contribution in [0.4, 0.5) is 0 Å². The number of carbonyl (C=O) groups excluding carboxylic acids is 1. The molecule has 1 aromatic carbocycles. The average Bonchev–Trinajstić information content (AvgIpc) is 2.99. The highest BCUT2D eigenvalue weighted by Crippen LogP contribution is 2.35. The summed E-state index contributed by atoms with van der Waals surface area (Å²) in [7, 11) is 0. The lowest BCUT2D eigenvalue weighted by Gasteiger charge is -1.98. The highest BCUT2D eigenvalue weighted by Gasteiger charge is 2.15. The number of hydrogen-bond acceptors (Lipinski definition) is 2. The number of ketones is 1. The molecule has 2 aromatic heterocycles. The Morgan fingerprint density at radius 1 is 1.29 bits per heavy atom. The Morgan fingerprint density at radius 2 is 2.10 bits per heavy atom. The van der Waals surface area contributed by atoms with Gasteiger partial charge in [0.05, 0.1) is 11.3 Å². The van der Waals surface area contributed by atoms with Crippen molar-refractivity contribution in [3.8, 4) is 11.3 Å². The van der Waals surface area contributed by atoms with Gasteiger partial charge in [-0.25, -0.2) is 0 Å². The molecule has 0 fully saturated rings. The van der Waals surface area contributed by atoms with Crippen LogP contribution in [-0.4, -0.2) is 10.8 Å². The van der Waals surface area contributed by atoms with Gasteiger partial charge in [0.1, 0.15) is 11.5 Å². The van der Waals surface area contributed by atoms with E-state index in [4.69, 9.17) is 16.0 Å². The molecule has 0 aliphatic carbocycles. The standard InChI is InChI=1S/C17H14ClNO2/c1-10(20)3-6-15-17(16-8-4-11(2)21-16)13-9-12(18)5-7-14(13)19-15/h3-9,19H,1-2H3/b6-3+. The quantitative estimate of drug-likeness (QED) is 0.692. The van der Waals surface area contributed by atoms with Crippen LogP contribution in [-0.2, 0) is 4.79 Å². The molecule has 0 saturated heterocycles. The van der Waals surface area contributed by atoms with Gasteiger partial charge >= 0.3 is 0 Å². The van der Waals surface area contributed by atoms with E-state index in [1.54, 1.807) is 6.08 Å². The number of nitrogens with one attached hydrogen (secondary N) is 1. The van der Waals surface area contributed by atoms with Crippen LogP contribution in [0.2, 0.25) is 5.02 Å². The molecule has 2 heterocycles. The third kappa shape index (κ3) is 2.65. The zero-order valence-electron chi connectivity index (χ0n) is 11.7. The largest absolute Gasteiger partial charge is 0.461 e. The molecule has 4 heteroatoms. The maximum atomic E-state index is 11.2. The van der Waals surface area contributed by atoms with E-state index < -0.39 is 0 Å². The number of allylic oxidation sites excluding steroid dienone is 1. The van der Waals surface area contributed by atoms with Gasteiger partial charge in [0.25, 0.3) is 0 Å². The number of rotatable bonds is 3. The van der Waals surface area contributed by atoms with E-state index in [1.165, 1.54) is 13.0 Å². The van der Waals surface area contributed by atoms with Crippen molar-refractivity contribution in [2.45, 2.75) is 13.8 Å². The summed E-state index contributed by atoms with van der Waals surface area (Å²) >= 11 is 6.10. The minimum Gasteiger partial charge on any atom is -0.461 e. The van der Waals surface area contributed by atoms with Crippen molar-refractivity contribution < 1.29 is 9.21 Å². The van der Waals surface area contributed by atoms with Crippen LogP contribution in [0.3, 0.4) is 0 Å². The molecule has 3 rings (SSSR count). The summed E-state index contributed by atoms with van der Waals surface area (Å²) in [5, 5.41) is 1.63. The van der Waals surface area contributed by atoms with Crippen LogP contribution in [0.5, 0.6) is 0 Å². The normalized spacial score (nSPS) is 11.6. The molecule has 0 atom stereocenters. The van der Waals surface area contributed by atoms with Crippen molar-refractivity contribution in [2.24, 2.45) is 0 Å². The first-order valence-corrected chi connectivity index (χ1v) is 6.99. The van der Waals surface area contributed by atoms with Crippen molar-refractivity contribution in [3.05, 3.63) is 52.9 Å². The summed E-state index contributed by atoms with van der Waals surface area (Å²) in [5.41, 5.74) is 2.70. The van der Waals surface area contributed by atoms with Gasteiger partial charge in [-0.3, -0.25) is 4.79 Å². The zero-order valence-corrected chi connectivity index (χ0v) is 12.5. The van der Waals surface area contributed by atoms with Gasteiger partial charge in [0, 0.05) is 15.9 Å². The number of furan rings is 1. The number of aromatic nitrogens is 1. The van der Waals surface area contributed by atoms with E-state index in [1.807, 2.05) is 37.3 Å². The maximum absolute atomic E-state index is 11.2. The minimum absolute atomic E-state index is 0.00624. The summed E-state index contributed by atoms with van der Waals surface area (Å²) < 4.78 is 5.74. The second-order valence-corrected chi connectivity index (χ2v) is 5.39. The van der Waals surface area contributed by atoms with Crippen molar-refractivity contribution in [3.63, 3.8) is 0 Å². The Labute approximate surface area is 127 Å². The Balaban J connectivity index is 2.28. The molecule has 21 heavy (non-hydrogen) atoms. The van der Waals surface area contributed by atoms with E-state index >= 15 is 0 Å². The maximum Gasteiger partial charge on any atom is 0.152 e. The summed E-state index contributed by atoms with van der Waals surface area (Å²) in [4.78, 5) is 14.5. The molecule has 0 saturated carbocycles. The molecule has 0 aliphatic heterocycles. The Morgan fingerprint density at radius 3 is 2.76 bits per heavy atom. The fourth-order valence-corrected chi connectivity index (χ4v) is 2.52. The Bertz CT molecular complexity index is 855. The van der Waals surface area contributed by atoms with E-state index in [-0.39, 0.29) is 5.78 Å². The highest BCUT2D eigenvalue weighted by molar-refractivity contribution is 6.31. The Hall–Kier alpha value is -2.26. The van der Waals surface area contributed by atoms with Gasteiger partial charge in [-0.05, 0) is 56.3 Å². The van der Waals surface area contributed by atoms with E-state index in [9.17, 15) is 4.79 Å². The monoisotopic (exact) mass is 299 g/mol. The van der Waals surface area contributed by atoms with Gasteiger partial charge in [0.15, 0.2) is 5.78 Å². The smallest absolute Gasteiger partial charge is 0.152 e. The van der Waals surface area contributed by atoms with E-state index in [2.05, 4.69) is 4.98 Å². The molecule has 0 aliphatic rings. The highest BCUT2D eigenvalue weighted by atomic mass is 35.5. The predicted molar refractivity (Wildman–Crippen MR) is 85.5 cm³/mol. The SMILES string of the molecule is CC(=O)/C=C/c1[nH]c2ccc(Cl)cc2c1-c1ccc(C)o1. The van der Waals surface area contributed by atoms with Crippen LogP contribution in [0.1, 0.15) is 18.4 Å². The first-order chi connectivity index (χ1) is 10.0. The van der Waals surface area contributed by atoms with Crippen molar-refractivity contribution in [2.75, 3.05) is 0 Å². The van der Waals surface area contributed by atoms with Crippen molar-refractivity contribution in [1.82, 2.24) is 4.98 Å². The van der Waals surface area contributed by atoms with Gasteiger partial charge in [0.2, 0.25) is 0 Å². The lowest BCUT2D eigenvalue weighted by Crippen LogP contribution is -1.82. The van der Waals surface area contributed by atoms with Crippen LogP contribution in [0, 0.1) is 6.92 Å².